The van der Waals surface area contributed by atoms with Crippen LogP contribution in [0.4, 0.5) is 0 Å². The summed E-state index contributed by atoms with van der Waals surface area (Å²) in [6, 6.07) is -0.489. The maximum Gasteiger partial charge on any atom is 0.326 e. The van der Waals surface area contributed by atoms with Crippen LogP contribution < -0.4 is 5.32 Å². The van der Waals surface area contributed by atoms with Crippen LogP contribution in [0.15, 0.2) is 4.99 Å². The molecule has 92 valence electrons. The van der Waals surface area contributed by atoms with E-state index in [1.54, 1.807) is 0 Å². The summed E-state index contributed by atoms with van der Waals surface area (Å²) in [5.41, 5.74) is 0. The number of nitrogens with zero attached hydrogens (tertiary/aromatic N) is 1. The first-order valence-electron chi connectivity index (χ1n) is 6.12. The largest absolute Gasteiger partial charge is 0.480 e. The van der Waals surface area contributed by atoms with Crippen LogP contribution in [-0.2, 0) is 4.79 Å². The molecule has 2 N–H and O–H groups in total. The molecule has 0 radical (unpaired) electrons. The van der Waals surface area contributed by atoms with E-state index in [-0.39, 0.29) is 0 Å². The van der Waals surface area contributed by atoms with Crippen LogP contribution in [0, 0.1) is 5.92 Å². The van der Waals surface area contributed by atoms with Crippen molar-refractivity contribution in [1.29, 1.82) is 0 Å². The Kier molecular flexibility index (Phi) is 5.29. The van der Waals surface area contributed by atoms with E-state index in [1.807, 2.05) is 13.8 Å². The number of carboxylic acid groups (broad SMARTS) is 1. The van der Waals surface area contributed by atoms with Gasteiger partial charge in [-0.2, -0.15) is 0 Å². The number of carboxylic acids is 1. The van der Waals surface area contributed by atoms with Crippen molar-refractivity contribution in [1.82, 2.24) is 5.32 Å². The number of nitrogens with one attached hydrogen (secondary N) is 1. The van der Waals surface area contributed by atoms with E-state index < -0.39 is 12.0 Å². The van der Waals surface area contributed by atoms with Crippen LogP contribution in [-0.4, -0.2) is 29.5 Å². The van der Waals surface area contributed by atoms with Gasteiger partial charge in [0.1, 0.15) is 6.04 Å². The number of amidine groups is 1. The molecular formula is C12H22N2O2. The van der Waals surface area contributed by atoms with E-state index in [2.05, 4.69) is 10.3 Å². The van der Waals surface area contributed by atoms with Crippen LogP contribution in [0.25, 0.3) is 0 Å². The lowest BCUT2D eigenvalue weighted by Gasteiger charge is -2.18. The van der Waals surface area contributed by atoms with E-state index in [0.29, 0.717) is 12.3 Å². The lowest BCUT2D eigenvalue weighted by atomic mass is 10.0. The second-order valence-corrected chi connectivity index (χ2v) is 4.80. The van der Waals surface area contributed by atoms with Crippen LogP contribution in [0.5, 0.6) is 0 Å². The molecule has 0 aromatic heterocycles. The Bertz CT molecular complexity index is 262. The molecule has 1 aliphatic rings. The van der Waals surface area contributed by atoms with E-state index in [0.717, 1.165) is 31.6 Å². The molecule has 0 bridgehead atoms. The maximum atomic E-state index is 11.1. The fourth-order valence-electron chi connectivity index (χ4n) is 1.89. The third-order valence-electron chi connectivity index (χ3n) is 2.72. The van der Waals surface area contributed by atoms with Crippen molar-refractivity contribution < 1.29 is 9.90 Å². The first kappa shape index (κ1) is 13.0. The molecule has 0 amide bonds. The normalized spacial score (nSPS) is 18.8. The summed E-state index contributed by atoms with van der Waals surface area (Å²) < 4.78 is 0. The third kappa shape index (κ3) is 4.64. The number of aliphatic imine (C=N–C) groups is 1. The Morgan fingerprint density at radius 2 is 2.19 bits per heavy atom. The predicted molar refractivity (Wildman–Crippen MR) is 64.8 cm³/mol. The Hall–Kier alpha value is -1.06. The smallest absolute Gasteiger partial charge is 0.326 e. The number of aliphatic carboxylic acids is 1. The summed E-state index contributed by atoms with van der Waals surface area (Å²) in [4.78, 5) is 15.5. The Labute approximate surface area is 97.1 Å². The van der Waals surface area contributed by atoms with Gasteiger partial charge in [-0.15, -0.1) is 0 Å². The Morgan fingerprint density at radius 1 is 1.44 bits per heavy atom. The van der Waals surface area contributed by atoms with Gasteiger partial charge in [-0.1, -0.05) is 20.3 Å². The molecule has 16 heavy (non-hydrogen) atoms. The highest BCUT2D eigenvalue weighted by molar-refractivity contribution is 5.87. The summed E-state index contributed by atoms with van der Waals surface area (Å²) in [5.74, 6) is 0.478. The standard InChI is InChI=1S/C12H22N2O2/c1-9(2)8-10(12(15)16)14-11-6-4-3-5-7-13-11/h9-10H,3-8H2,1-2H3,(H,13,14)(H,15,16). The highest BCUT2D eigenvalue weighted by Crippen LogP contribution is 2.09. The van der Waals surface area contributed by atoms with Crippen molar-refractivity contribution in [2.45, 2.75) is 52.0 Å². The molecule has 1 unspecified atom stereocenters. The molecule has 0 aromatic rings. The first-order chi connectivity index (χ1) is 7.59. The highest BCUT2D eigenvalue weighted by atomic mass is 16.4. The molecule has 0 saturated heterocycles. The fraction of sp³-hybridized carbons (Fsp3) is 0.833. The molecule has 1 atom stereocenters. The summed E-state index contributed by atoms with van der Waals surface area (Å²) in [6.45, 7) is 4.90. The topological polar surface area (TPSA) is 61.7 Å². The molecule has 4 heteroatoms. The average Bonchev–Trinajstić information content (AvgIpc) is 2.44. The summed E-state index contributed by atoms with van der Waals surface area (Å²) >= 11 is 0. The second kappa shape index (κ2) is 6.51. The molecular weight excluding hydrogens is 204 g/mol. The summed E-state index contributed by atoms with van der Waals surface area (Å²) in [5, 5.41) is 12.2. The van der Waals surface area contributed by atoms with E-state index in [9.17, 15) is 4.79 Å². The van der Waals surface area contributed by atoms with Crippen molar-refractivity contribution in [3.63, 3.8) is 0 Å². The van der Waals surface area contributed by atoms with Gasteiger partial charge in [0.15, 0.2) is 0 Å². The lowest BCUT2D eigenvalue weighted by molar-refractivity contribution is -0.139. The molecule has 1 aliphatic heterocycles. The number of hydrogen-bond donors (Lipinski definition) is 2. The minimum atomic E-state index is -0.777. The van der Waals surface area contributed by atoms with Gasteiger partial charge in [0.05, 0.1) is 5.84 Å². The fourth-order valence-corrected chi connectivity index (χ4v) is 1.89. The minimum Gasteiger partial charge on any atom is -0.480 e. The van der Waals surface area contributed by atoms with Crippen molar-refractivity contribution in [3.05, 3.63) is 0 Å². The van der Waals surface area contributed by atoms with E-state index in [1.165, 1.54) is 6.42 Å². The zero-order valence-corrected chi connectivity index (χ0v) is 10.2. The lowest BCUT2D eigenvalue weighted by Crippen LogP contribution is -2.41. The first-order valence-corrected chi connectivity index (χ1v) is 6.12. The minimum absolute atomic E-state index is 0.375. The van der Waals surface area contributed by atoms with Gasteiger partial charge >= 0.3 is 5.97 Å². The molecule has 4 nitrogen and oxygen atoms in total. The van der Waals surface area contributed by atoms with E-state index in [4.69, 9.17) is 5.11 Å². The van der Waals surface area contributed by atoms with Gasteiger partial charge in [0, 0.05) is 13.0 Å². The molecule has 0 aliphatic carbocycles. The third-order valence-corrected chi connectivity index (χ3v) is 2.72. The summed E-state index contributed by atoms with van der Waals surface area (Å²) in [7, 11) is 0. The van der Waals surface area contributed by atoms with Crippen LogP contribution in [0.1, 0.15) is 46.0 Å². The quantitative estimate of drug-likeness (QED) is 0.771. The van der Waals surface area contributed by atoms with E-state index >= 15 is 0 Å². The Balaban J connectivity index is 2.52. The number of carbonyl (C=O) groups is 1. The monoisotopic (exact) mass is 226 g/mol. The Morgan fingerprint density at radius 3 is 2.81 bits per heavy atom. The van der Waals surface area contributed by atoms with Crippen LogP contribution >= 0.6 is 0 Å². The van der Waals surface area contributed by atoms with Crippen LogP contribution in [0.2, 0.25) is 0 Å². The van der Waals surface area contributed by atoms with Gasteiger partial charge in [-0.3, -0.25) is 4.99 Å². The molecule has 1 heterocycles. The molecule has 0 aromatic carbocycles. The molecule has 1 rings (SSSR count). The van der Waals surface area contributed by atoms with Crippen LogP contribution in [0.3, 0.4) is 0 Å². The summed E-state index contributed by atoms with van der Waals surface area (Å²) in [6.07, 6.45) is 4.96. The average molecular weight is 226 g/mol. The zero-order valence-electron chi connectivity index (χ0n) is 10.2. The number of hydrogen-bond acceptors (Lipinski definition) is 3. The second-order valence-electron chi connectivity index (χ2n) is 4.80. The van der Waals surface area contributed by atoms with Gasteiger partial charge in [-0.25, -0.2) is 4.79 Å². The van der Waals surface area contributed by atoms with Gasteiger partial charge in [0.2, 0.25) is 0 Å². The van der Waals surface area contributed by atoms with Gasteiger partial charge < -0.3 is 10.4 Å². The van der Waals surface area contributed by atoms with Gasteiger partial charge in [0.25, 0.3) is 0 Å². The van der Waals surface area contributed by atoms with Crippen molar-refractivity contribution in [3.8, 4) is 0 Å². The predicted octanol–water partition coefficient (Wildman–Crippen LogP) is 2.05. The molecule has 0 spiro atoms. The maximum absolute atomic E-state index is 11.1. The molecule has 0 saturated carbocycles. The zero-order chi connectivity index (χ0) is 12.0. The molecule has 0 fully saturated rings. The van der Waals surface area contributed by atoms with Gasteiger partial charge in [-0.05, 0) is 25.2 Å². The van der Waals surface area contributed by atoms with Crippen molar-refractivity contribution >= 4 is 11.8 Å². The van der Waals surface area contributed by atoms with Crippen molar-refractivity contribution in [2.24, 2.45) is 10.9 Å². The SMILES string of the molecule is CC(C)CC(NC1=NCCCCC1)C(=O)O. The van der Waals surface area contributed by atoms with Crippen molar-refractivity contribution in [2.75, 3.05) is 6.54 Å². The number of rotatable bonds is 4. The highest BCUT2D eigenvalue weighted by Gasteiger charge is 2.20.